The SMILES string of the molecule is CC(C=N)=C(N)C[C@](C)(F)CF. The maximum absolute atomic E-state index is 13.0. The largest absolute Gasteiger partial charge is 0.402 e. The van der Waals surface area contributed by atoms with Gasteiger partial charge in [0.15, 0.2) is 0 Å². The molecule has 4 heteroatoms. The topological polar surface area (TPSA) is 49.9 Å². The second kappa shape index (κ2) is 4.18. The molecule has 12 heavy (non-hydrogen) atoms. The zero-order valence-electron chi connectivity index (χ0n) is 7.32. The van der Waals surface area contributed by atoms with Crippen molar-refractivity contribution in [2.45, 2.75) is 25.9 Å². The first-order valence-corrected chi connectivity index (χ1v) is 3.63. The van der Waals surface area contributed by atoms with E-state index in [1.165, 1.54) is 0 Å². The molecular weight excluding hydrogens is 162 g/mol. The average molecular weight is 176 g/mol. The molecule has 0 spiro atoms. The van der Waals surface area contributed by atoms with E-state index in [0.717, 1.165) is 13.1 Å². The summed E-state index contributed by atoms with van der Waals surface area (Å²) in [5.41, 5.74) is 4.21. The minimum atomic E-state index is -1.91. The molecule has 0 fully saturated rings. The quantitative estimate of drug-likeness (QED) is 0.632. The minimum Gasteiger partial charge on any atom is -0.402 e. The first-order valence-electron chi connectivity index (χ1n) is 3.63. The molecule has 0 aromatic rings. The predicted molar refractivity (Wildman–Crippen MR) is 45.8 cm³/mol. The summed E-state index contributed by atoms with van der Waals surface area (Å²) in [6, 6.07) is 0. The Morgan fingerprint density at radius 1 is 1.67 bits per heavy atom. The van der Waals surface area contributed by atoms with Crippen molar-refractivity contribution in [2.75, 3.05) is 6.67 Å². The van der Waals surface area contributed by atoms with Gasteiger partial charge in [0.2, 0.25) is 0 Å². The Hall–Kier alpha value is -0.930. The van der Waals surface area contributed by atoms with Crippen LogP contribution in [0.2, 0.25) is 0 Å². The highest BCUT2D eigenvalue weighted by Gasteiger charge is 2.24. The highest BCUT2D eigenvalue weighted by Crippen LogP contribution is 2.20. The second-order valence-corrected chi connectivity index (χ2v) is 3.08. The number of nitrogens with two attached hydrogens (primary N) is 1. The summed E-state index contributed by atoms with van der Waals surface area (Å²) < 4.78 is 25.0. The lowest BCUT2D eigenvalue weighted by Gasteiger charge is -2.16. The highest BCUT2D eigenvalue weighted by atomic mass is 19.2. The van der Waals surface area contributed by atoms with E-state index in [9.17, 15) is 8.78 Å². The van der Waals surface area contributed by atoms with Gasteiger partial charge >= 0.3 is 0 Å². The number of allylic oxidation sites excluding steroid dienone is 2. The Labute approximate surface area is 71.0 Å². The van der Waals surface area contributed by atoms with Crippen LogP contribution in [0.15, 0.2) is 11.3 Å². The Balaban J connectivity index is 4.36. The maximum Gasteiger partial charge on any atom is 0.141 e. The summed E-state index contributed by atoms with van der Waals surface area (Å²) in [7, 11) is 0. The van der Waals surface area contributed by atoms with Gasteiger partial charge in [-0.1, -0.05) is 0 Å². The first-order chi connectivity index (χ1) is 5.43. The van der Waals surface area contributed by atoms with Crippen LogP contribution in [0.1, 0.15) is 20.3 Å². The second-order valence-electron chi connectivity index (χ2n) is 3.08. The Morgan fingerprint density at radius 2 is 2.17 bits per heavy atom. The van der Waals surface area contributed by atoms with E-state index < -0.39 is 12.3 Å². The zero-order valence-corrected chi connectivity index (χ0v) is 7.32. The molecule has 2 nitrogen and oxygen atoms in total. The number of halogens is 2. The number of hydrogen-bond donors (Lipinski definition) is 2. The van der Waals surface area contributed by atoms with Gasteiger partial charge in [-0.15, -0.1) is 0 Å². The van der Waals surface area contributed by atoms with Gasteiger partial charge in [-0.2, -0.15) is 0 Å². The fourth-order valence-corrected chi connectivity index (χ4v) is 0.676. The highest BCUT2D eigenvalue weighted by molar-refractivity contribution is 5.75. The third kappa shape index (κ3) is 3.46. The van der Waals surface area contributed by atoms with Crippen molar-refractivity contribution < 1.29 is 8.78 Å². The molecule has 0 rings (SSSR count). The summed E-state index contributed by atoms with van der Waals surface area (Å²) in [6.07, 6.45) is 0.869. The summed E-state index contributed by atoms with van der Waals surface area (Å²) >= 11 is 0. The molecule has 0 unspecified atom stereocenters. The molecule has 0 aliphatic heterocycles. The van der Waals surface area contributed by atoms with Gasteiger partial charge in [0, 0.05) is 18.3 Å². The number of hydrogen-bond acceptors (Lipinski definition) is 2. The molecule has 0 amide bonds. The average Bonchev–Trinajstić information content (AvgIpc) is 2.02. The molecule has 3 N–H and O–H groups in total. The van der Waals surface area contributed by atoms with E-state index in [2.05, 4.69) is 0 Å². The van der Waals surface area contributed by atoms with Crippen molar-refractivity contribution in [3.05, 3.63) is 11.3 Å². The van der Waals surface area contributed by atoms with Crippen LogP contribution in [0.25, 0.3) is 0 Å². The monoisotopic (exact) mass is 176 g/mol. The maximum atomic E-state index is 13.0. The lowest BCUT2D eigenvalue weighted by molar-refractivity contribution is 0.141. The summed E-state index contributed by atoms with van der Waals surface area (Å²) in [5.74, 6) is 0. The van der Waals surface area contributed by atoms with E-state index in [1.807, 2.05) is 0 Å². The molecule has 0 aromatic heterocycles. The fraction of sp³-hybridized carbons (Fsp3) is 0.625. The molecule has 1 atom stereocenters. The van der Waals surface area contributed by atoms with Crippen molar-refractivity contribution in [1.29, 1.82) is 5.41 Å². The minimum absolute atomic E-state index is 0.162. The van der Waals surface area contributed by atoms with Gasteiger partial charge in [0.25, 0.3) is 0 Å². The summed E-state index contributed by atoms with van der Waals surface area (Å²) in [4.78, 5) is 0. The third-order valence-electron chi connectivity index (χ3n) is 1.56. The van der Waals surface area contributed by atoms with Crippen LogP contribution in [0.5, 0.6) is 0 Å². The molecule has 70 valence electrons. The normalized spacial score (nSPS) is 18.0. The van der Waals surface area contributed by atoms with E-state index in [-0.39, 0.29) is 12.1 Å². The van der Waals surface area contributed by atoms with Crippen LogP contribution in [-0.2, 0) is 0 Å². The predicted octanol–water partition coefficient (Wildman–Crippen LogP) is 1.96. The molecule has 0 saturated carbocycles. The van der Waals surface area contributed by atoms with Gasteiger partial charge < -0.3 is 11.1 Å². The lowest BCUT2D eigenvalue weighted by Crippen LogP contribution is -2.24. The first kappa shape index (κ1) is 11.1. The number of rotatable bonds is 4. The fourth-order valence-electron chi connectivity index (χ4n) is 0.676. The van der Waals surface area contributed by atoms with E-state index in [1.54, 1.807) is 6.92 Å². The van der Waals surface area contributed by atoms with Gasteiger partial charge in [-0.05, 0) is 19.4 Å². The molecule has 0 aliphatic rings. The number of nitrogens with one attached hydrogen (secondary N) is 1. The van der Waals surface area contributed by atoms with Crippen molar-refractivity contribution in [3.8, 4) is 0 Å². The Bertz CT molecular complexity index is 197. The van der Waals surface area contributed by atoms with E-state index in [4.69, 9.17) is 11.1 Å². The summed E-state index contributed by atoms with van der Waals surface area (Å²) in [6.45, 7) is 1.69. The van der Waals surface area contributed by atoms with Crippen molar-refractivity contribution in [1.82, 2.24) is 0 Å². The number of alkyl halides is 2. The van der Waals surface area contributed by atoms with Crippen molar-refractivity contribution in [2.24, 2.45) is 5.73 Å². The molecule has 0 heterocycles. The molecule has 0 radical (unpaired) electrons. The van der Waals surface area contributed by atoms with E-state index in [0.29, 0.717) is 5.57 Å². The van der Waals surface area contributed by atoms with Crippen LogP contribution in [0.3, 0.4) is 0 Å². The van der Waals surface area contributed by atoms with Gasteiger partial charge in [-0.25, -0.2) is 8.78 Å². The van der Waals surface area contributed by atoms with E-state index >= 15 is 0 Å². The van der Waals surface area contributed by atoms with Gasteiger partial charge in [0.05, 0.1) is 0 Å². The van der Waals surface area contributed by atoms with Gasteiger partial charge in [-0.3, -0.25) is 0 Å². The Kier molecular flexibility index (Phi) is 3.86. The van der Waals surface area contributed by atoms with Crippen LogP contribution in [0.4, 0.5) is 8.78 Å². The molecule has 0 saturated heterocycles. The van der Waals surface area contributed by atoms with Crippen molar-refractivity contribution in [3.63, 3.8) is 0 Å². The molecule has 0 bridgehead atoms. The zero-order chi connectivity index (χ0) is 9.78. The van der Waals surface area contributed by atoms with Gasteiger partial charge in [0.1, 0.15) is 12.3 Å². The smallest absolute Gasteiger partial charge is 0.141 e. The van der Waals surface area contributed by atoms with Crippen LogP contribution < -0.4 is 5.73 Å². The van der Waals surface area contributed by atoms with Crippen LogP contribution >= 0.6 is 0 Å². The summed E-state index contributed by atoms with van der Waals surface area (Å²) in [5, 5.41) is 6.82. The molecule has 0 aromatic carbocycles. The van der Waals surface area contributed by atoms with Crippen LogP contribution in [-0.4, -0.2) is 18.6 Å². The molecular formula is C8H14F2N2. The Morgan fingerprint density at radius 3 is 2.50 bits per heavy atom. The molecule has 0 aliphatic carbocycles. The lowest BCUT2D eigenvalue weighted by atomic mass is 10.0. The van der Waals surface area contributed by atoms with Crippen LogP contribution in [0, 0.1) is 5.41 Å². The standard InChI is InChI=1S/C8H14F2N2/c1-6(4-11)7(12)3-8(2,10)5-9/h4,11H,3,5,12H2,1-2H3/t8-/m0/s1. The van der Waals surface area contributed by atoms with Crippen molar-refractivity contribution >= 4 is 6.21 Å². The third-order valence-corrected chi connectivity index (χ3v) is 1.56.